The van der Waals surface area contributed by atoms with Gasteiger partial charge in [0.25, 0.3) is 11.8 Å². The summed E-state index contributed by atoms with van der Waals surface area (Å²) in [6, 6.07) is 0. The van der Waals surface area contributed by atoms with E-state index < -0.39 is 0 Å². The second kappa shape index (κ2) is 7.24. The third-order valence-electron chi connectivity index (χ3n) is 3.51. The van der Waals surface area contributed by atoms with Crippen LogP contribution in [0.3, 0.4) is 0 Å². The number of amides is 2. The van der Waals surface area contributed by atoms with Gasteiger partial charge in [0.05, 0.1) is 30.1 Å². The van der Waals surface area contributed by atoms with E-state index in [0.29, 0.717) is 34.4 Å². The molecule has 1 fully saturated rings. The Morgan fingerprint density at radius 3 is 2.42 bits per heavy atom. The van der Waals surface area contributed by atoms with E-state index in [4.69, 9.17) is 4.74 Å². The minimum atomic E-state index is -0.376. The van der Waals surface area contributed by atoms with Crippen molar-refractivity contribution in [1.82, 2.24) is 20.8 Å². The van der Waals surface area contributed by atoms with Crippen LogP contribution in [0.1, 0.15) is 30.7 Å². The molecular weight excluding hydrogens is 350 g/mol. The Bertz CT molecular complexity index is 751. The van der Waals surface area contributed by atoms with Gasteiger partial charge < -0.3 is 9.64 Å². The number of hydrazine groups is 1. The van der Waals surface area contributed by atoms with E-state index >= 15 is 0 Å². The van der Waals surface area contributed by atoms with Gasteiger partial charge in [0.2, 0.25) is 0 Å². The second-order valence-corrected chi connectivity index (χ2v) is 7.02. The molecule has 0 unspecified atom stereocenters. The van der Waals surface area contributed by atoms with Crippen LogP contribution in [0.2, 0.25) is 0 Å². The number of nitrogens with one attached hydrogen (secondary N) is 2. The van der Waals surface area contributed by atoms with E-state index in [1.165, 1.54) is 22.7 Å². The highest BCUT2D eigenvalue weighted by Gasteiger charge is 2.21. The monoisotopic (exact) mass is 367 g/mol. The number of rotatable bonds is 3. The highest BCUT2D eigenvalue weighted by molar-refractivity contribution is 7.17. The predicted octanol–water partition coefficient (Wildman–Crippen LogP) is 1.13. The number of aryl methyl sites for hydroxylation is 2. The summed E-state index contributed by atoms with van der Waals surface area (Å²) in [6.45, 7) is 6.36. The predicted molar refractivity (Wildman–Crippen MR) is 91.7 cm³/mol. The van der Waals surface area contributed by atoms with Crippen LogP contribution in [0.5, 0.6) is 0 Å². The Balaban J connectivity index is 1.63. The number of nitrogens with zero attached hydrogens (tertiary/aromatic N) is 3. The van der Waals surface area contributed by atoms with E-state index in [9.17, 15) is 9.59 Å². The summed E-state index contributed by atoms with van der Waals surface area (Å²) in [6.07, 6.45) is 0. The summed E-state index contributed by atoms with van der Waals surface area (Å²) in [5.41, 5.74) is 7.72. The van der Waals surface area contributed by atoms with Gasteiger partial charge in [-0.25, -0.2) is 9.97 Å². The molecule has 2 aromatic rings. The van der Waals surface area contributed by atoms with Gasteiger partial charge in [-0.05, 0) is 13.8 Å². The van der Waals surface area contributed by atoms with Crippen molar-refractivity contribution in [3.05, 3.63) is 26.7 Å². The number of thiazole rings is 2. The van der Waals surface area contributed by atoms with Crippen LogP contribution in [0.15, 0.2) is 5.51 Å². The van der Waals surface area contributed by atoms with Crippen molar-refractivity contribution in [2.45, 2.75) is 13.8 Å². The van der Waals surface area contributed by atoms with Crippen LogP contribution in [-0.4, -0.2) is 48.1 Å². The molecule has 8 nitrogen and oxygen atoms in total. The summed E-state index contributed by atoms with van der Waals surface area (Å²) in [5.74, 6) is -0.751. The van der Waals surface area contributed by atoms with E-state index in [2.05, 4.69) is 25.7 Å². The van der Waals surface area contributed by atoms with E-state index in [0.717, 1.165) is 18.2 Å². The SMILES string of the molecule is Cc1ncsc1C(=O)NNC(=O)c1sc(N2CCOCC2)nc1C. The normalized spacial score (nSPS) is 14.5. The molecule has 3 heterocycles. The maximum atomic E-state index is 12.3. The Labute approximate surface area is 146 Å². The molecule has 1 aliphatic heterocycles. The van der Waals surface area contributed by atoms with Crippen LogP contribution in [0, 0.1) is 13.8 Å². The van der Waals surface area contributed by atoms with Gasteiger partial charge in [-0.1, -0.05) is 11.3 Å². The summed E-state index contributed by atoms with van der Waals surface area (Å²) >= 11 is 2.54. The molecule has 1 aliphatic rings. The topological polar surface area (TPSA) is 96.5 Å². The largest absolute Gasteiger partial charge is 0.378 e. The van der Waals surface area contributed by atoms with E-state index in [1.807, 2.05) is 0 Å². The first-order chi connectivity index (χ1) is 11.6. The molecule has 2 amide bonds. The summed E-state index contributed by atoms with van der Waals surface area (Å²) < 4.78 is 5.32. The van der Waals surface area contributed by atoms with Crippen LogP contribution < -0.4 is 15.8 Å². The van der Waals surface area contributed by atoms with Crippen LogP contribution in [0.4, 0.5) is 5.13 Å². The van der Waals surface area contributed by atoms with Gasteiger partial charge in [0.15, 0.2) is 5.13 Å². The van der Waals surface area contributed by atoms with Gasteiger partial charge in [-0.3, -0.25) is 20.4 Å². The lowest BCUT2D eigenvalue weighted by molar-refractivity contribution is 0.0850. The molecule has 0 radical (unpaired) electrons. The zero-order chi connectivity index (χ0) is 17.1. The second-order valence-electron chi connectivity index (χ2n) is 5.19. The summed E-state index contributed by atoms with van der Waals surface area (Å²) in [5, 5.41) is 0.797. The highest BCUT2D eigenvalue weighted by Crippen LogP contribution is 2.26. The Kier molecular flexibility index (Phi) is 5.07. The Morgan fingerprint density at radius 2 is 1.79 bits per heavy atom. The first-order valence-corrected chi connectivity index (χ1v) is 9.06. The zero-order valence-electron chi connectivity index (χ0n) is 13.3. The minimum absolute atomic E-state index is 0.375. The van der Waals surface area contributed by atoms with Crippen LogP contribution in [-0.2, 0) is 4.74 Å². The van der Waals surface area contributed by atoms with Crippen molar-refractivity contribution in [3.8, 4) is 0 Å². The standard InChI is InChI=1S/C14H17N5O3S2/c1-8-10(23-7-15-8)12(20)17-18-13(21)11-9(2)16-14(24-11)19-3-5-22-6-4-19/h7H,3-6H2,1-2H3,(H,17,20)(H,18,21). The summed E-state index contributed by atoms with van der Waals surface area (Å²) in [7, 11) is 0. The number of anilines is 1. The molecular formula is C14H17N5O3S2. The lowest BCUT2D eigenvalue weighted by Crippen LogP contribution is -2.41. The summed E-state index contributed by atoms with van der Waals surface area (Å²) in [4.78, 5) is 35.8. The highest BCUT2D eigenvalue weighted by atomic mass is 32.1. The van der Waals surface area contributed by atoms with E-state index in [-0.39, 0.29) is 11.8 Å². The number of carbonyl (C=O) groups is 2. The van der Waals surface area contributed by atoms with Crippen molar-refractivity contribution in [2.75, 3.05) is 31.2 Å². The fourth-order valence-electron chi connectivity index (χ4n) is 2.23. The number of hydrogen-bond donors (Lipinski definition) is 2. The minimum Gasteiger partial charge on any atom is -0.378 e. The van der Waals surface area contributed by atoms with Gasteiger partial charge in [0, 0.05) is 13.1 Å². The van der Waals surface area contributed by atoms with Crippen LogP contribution in [0.25, 0.3) is 0 Å². The van der Waals surface area contributed by atoms with Gasteiger partial charge >= 0.3 is 0 Å². The Morgan fingerprint density at radius 1 is 1.12 bits per heavy atom. The smallest absolute Gasteiger partial charge is 0.281 e. The molecule has 0 saturated carbocycles. The van der Waals surface area contributed by atoms with Crippen molar-refractivity contribution in [1.29, 1.82) is 0 Å². The molecule has 3 rings (SSSR count). The van der Waals surface area contributed by atoms with Crippen LogP contribution >= 0.6 is 22.7 Å². The molecule has 0 bridgehead atoms. The molecule has 2 aromatic heterocycles. The molecule has 0 atom stereocenters. The number of aromatic nitrogens is 2. The van der Waals surface area contributed by atoms with E-state index in [1.54, 1.807) is 19.4 Å². The maximum absolute atomic E-state index is 12.3. The molecule has 24 heavy (non-hydrogen) atoms. The van der Waals surface area contributed by atoms with Gasteiger partial charge in [0.1, 0.15) is 9.75 Å². The lowest BCUT2D eigenvalue weighted by atomic mass is 10.4. The third-order valence-corrected chi connectivity index (χ3v) is 5.66. The van der Waals surface area contributed by atoms with Gasteiger partial charge in [-0.2, -0.15) is 0 Å². The first-order valence-electron chi connectivity index (χ1n) is 7.37. The molecule has 128 valence electrons. The fraction of sp³-hybridized carbons (Fsp3) is 0.429. The fourth-order valence-corrected chi connectivity index (χ4v) is 3.94. The number of carbonyl (C=O) groups excluding carboxylic acids is 2. The molecule has 0 aromatic carbocycles. The average molecular weight is 367 g/mol. The lowest BCUT2D eigenvalue weighted by Gasteiger charge is -2.25. The molecule has 10 heteroatoms. The number of ether oxygens (including phenoxy) is 1. The number of morpholine rings is 1. The van der Waals surface area contributed by atoms with Crippen molar-refractivity contribution in [2.24, 2.45) is 0 Å². The molecule has 0 spiro atoms. The van der Waals surface area contributed by atoms with Crippen molar-refractivity contribution >= 4 is 39.6 Å². The van der Waals surface area contributed by atoms with Crippen molar-refractivity contribution < 1.29 is 14.3 Å². The molecule has 0 aliphatic carbocycles. The molecule has 1 saturated heterocycles. The average Bonchev–Trinajstić information content (AvgIpc) is 3.19. The van der Waals surface area contributed by atoms with Crippen molar-refractivity contribution in [3.63, 3.8) is 0 Å². The first kappa shape index (κ1) is 16.8. The van der Waals surface area contributed by atoms with Gasteiger partial charge in [-0.15, -0.1) is 11.3 Å². The zero-order valence-corrected chi connectivity index (χ0v) is 14.9. The molecule has 2 N–H and O–H groups in total. The third kappa shape index (κ3) is 3.55. The Hall–Kier alpha value is -2.04. The maximum Gasteiger partial charge on any atom is 0.281 e. The quantitative estimate of drug-likeness (QED) is 0.790. The number of hydrogen-bond acceptors (Lipinski definition) is 8.